The van der Waals surface area contributed by atoms with Gasteiger partial charge in [-0.25, -0.2) is 9.37 Å². The molecule has 0 bridgehead atoms. The van der Waals surface area contributed by atoms with E-state index in [0.29, 0.717) is 22.4 Å². The maximum Gasteiger partial charge on any atom is 0.416 e. The molecule has 0 fully saturated rings. The van der Waals surface area contributed by atoms with Crippen molar-refractivity contribution in [1.82, 2.24) is 9.66 Å². The van der Waals surface area contributed by atoms with Gasteiger partial charge in [0.2, 0.25) is 0 Å². The smallest absolute Gasteiger partial charge is 0.416 e. The van der Waals surface area contributed by atoms with E-state index in [0.717, 1.165) is 16.8 Å². The second-order valence-electron chi connectivity index (χ2n) is 8.38. The van der Waals surface area contributed by atoms with Crippen LogP contribution in [0.2, 0.25) is 0 Å². The number of nitrogens with zero attached hydrogens (tertiary/aromatic N) is 3. The lowest BCUT2D eigenvalue weighted by Gasteiger charge is -2.12. The summed E-state index contributed by atoms with van der Waals surface area (Å²) in [6, 6.07) is 24.0. The summed E-state index contributed by atoms with van der Waals surface area (Å²) in [5.41, 5.74) is 0.255. The molecule has 190 valence electrons. The molecule has 0 N–H and O–H groups in total. The van der Waals surface area contributed by atoms with Gasteiger partial charge in [0.15, 0.2) is 5.82 Å². The van der Waals surface area contributed by atoms with Crippen LogP contribution in [0.1, 0.15) is 16.7 Å². The van der Waals surface area contributed by atoms with Crippen LogP contribution in [-0.2, 0) is 12.8 Å². The van der Waals surface area contributed by atoms with E-state index in [1.54, 1.807) is 60.7 Å². The van der Waals surface area contributed by atoms with Crippen LogP contribution in [0.25, 0.3) is 22.3 Å². The lowest BCUT2D eigenvalue weighted by molar-refractivity contribution is -0.137. The molecule has 0 aliphatic heterocycles. The Bertz CT molecular complexity index is 1710. The molecular weight excluding hydrogens is 498 g/mol. The third-order valence-electron chi connectivity index (χ3n) is 5.68. The van der Waals surface area contributed by atoms with E-state index in [1.165, 1.54) is 30.5 Å². The Morgan fingerprint density at radius 2 is 1.68 bits per heavy atom. The van der Waals surface area contributed by atoms with Crippen molar-refractivity contribution in [3.8, 4) is 17.1 Å². The zero-order chi connectivity index (χ0) is 26.7. The number of para-hydroxylation sites is 1. The lowest BCUT2D eigenvalue weighted by atomic mass is 10.1. The first kappa shape index (κ1) is 24.9. The first-order chi connectivity index (χ1) is 18.3. The normalized spacial score (nSPS) is 11.8. The SMILES string of the molecule is O=c1c2ccccc2nc(-c2cccc(C(F)(F)F)c2)n1N=Cc1cccc(OCc2cccc(F)c2)c1. The van der Waals surface area contributed by atoms with Crippen LogP contribution in [0.4, 0.5) is 17.6 Å². The zero-order valence-electron chi connectivity index (χ0n) is 19.7. The van der Waals surface area contributed by atoms with Crippen molar-refractivity contribution in [3.63, 3.8) is 0 Å². The molecule has 38 heavy (non-hydrogen) atoms. The molecule has 0 amide bonds. The molecule has 4 aromatic carbocycles. The van der Waals surface area contributed by atoms with E-state index in [9.17, 15) is 22.4 Å². The summed E-state index contributed by atoms with van der Waals surface area (Å²) in [7, 11) is 0. The van der Waals surface area contributed by atoms with Crippen LogP contribution in [-0.4, -0.2) is 15.9 Å². The molecule has 5 nitrogen and oxygen atoms in total. The number of alkyl halides is 3. The van der Waals surface area contributed by atoms with Gasteiger partial charge >= 0.3 is 6.18 Å². The highest BCUT2D eigenvalue weighted by Gasteiger charge is 2.31. The number of hydrogen-bond acceptors (Lipinski definition) is 4. The summed E-state index contributed by atoms with van der Waals surface area (Å²) in [6.45, 7) is 0.145. The molecule has 0 spiro atoms. The van der Waals surface area contributed by atoms with E-state index >= 15 is 0 Å². The second-order valence-corrected chi connectivity index (χ2v) is 8.38. The predicted octanol–water partition coefficient (Wildman–Crippen LogP) is 6.68. The maximum absolute atomic E-state index is 13.4. The Morgan fingerprint density at radius 3 is 2.50 bits per heavy atom. The lowest BCUT2D eigenvalue weighted by Crippen LogP contribution is -2.20. The summed E-state index contributed by atoms with van der Waals surface area (Å²) in [5, 5.41) is 4.57. The number of aromatic nitrogens is 2. The minimum atomic E-state index is -4.56. The molecule has 1 heterocycles. The average Bonchev–Trinajstić information content (AvgIpc) is 2.91. The van der Waals surface area contributed by atoms with Gasteiger partial charge in [0.25, 0.3) is 5.56 Å². The standard InChI is InChI=1S/C29H19F4N3O2/c30-23-10-3-7-20(14-23)18-38-24-11-4-6-19(15-24)17-34-36-27(21-8-5-9-22(16-21)29(31,32)33)35-26-13-2-1-12-25(26)28(36)37/h1-17H,18H2. The molecule has 0 radical (unpaired) electrons. The Morgan fingerprint density at radius 1 is 0.895 bits per heavy atom. The van der Waals surface area contributed by atoms with Crippen molar-refractivity contribution < 1.29 is 22.3 Å². The molecule has 5 aromatic rings. The third-order valence-corrected chi connectivity index (χ3v) is 5.68. The number of ether oxygens (including phenoxy) is 1. The van der Waals surface area contributed by atoms with Crippen molar-refractivity contribution in [2.45, 2.75) is 12.8 Å². The monoisotopic (exact) mass is 517 g/mol. The zero-order valence-corrected chi connectivity index (χ0v) is 19.7. The first-order valence-corrected chi connectivity index (χ1v) is 11.5. The number of rotatable bonds is 6. The van der Waals surface area contributed by atoms with E-state index < -0.39 is 17.3 Å². The number of fused-ring (bicyclic) bond motifs is 1. The van der Waals surface area contributed by atoms with Crippen molar-refractivity contribution in [1.29, 1.82) is 0 Å². The molecule has 0 atom stereocenters. The quantitative estimate of drug-likeness (QED) is 0.186. The molecule has 0 aliphatic rings. The third kappa shape index (κ3) is 5.46. The minimum absolute atomic E-state index is 0.0328. The number of benzene rings is 4. The Labute approximate surface area is 214 Å². The van der Waals surface area contributed by atoms with Gasteiger partial charge in [0, 0.05) is 5.56 Å². The second kappa shape index (κ2) is 10.3. The Balaban J connectivity index is 1.52. The summed E-state index contributed by atoms with van der Waals surface area (Å²) >= 11 is 0. The molecule has 0 saturated heterocycles. The fourth-order valence-corrected chi connectivity index (χ4v) is 3.85. The van der Waals surface area contributed by atoms with Gasteiger partial charge in [-0.05, 0) is 59.7 Å². The molecule has 9 heteroatoms. The maximum atomic E-state index is 13.4. The number of hydrogen-bond donors (Lipinski definition) is 0. The van der Waals surface area contributed by atoms with E-state index in [4.69, 9.17) is 4.74 Å². The van der Waals surface area contributed by atoms with Gasteiger partial charge in [0.1, 0.15) is 18.2 Å². The van der Waals surface area contributed by atoms with Crippen molar-refractivity contribution >= 4 is 17.1 Å². The van der Waals surface area contributed by atoms with Crippen molar-refractivity contribution in [2.75, 3.05) is 0 Å². The van der Waals surface area contributed by atoms with Crippen molar-refractivity contribution in [3.05, 3.63) is 130 Å². The first-order valence-electron chi connectivity index (χ1n) is 11.5. The van der Waals surface area contributed by atoms with Gasteiger partial charge in [0.05, 0.1) is 22.7 Å². The molecule has 0 unspecified atom stereocenters. The van der Waals surface area contributed by atoms with Crippen LogP contribution in [0.5, 0.6) is 5.75 Å². The predicted molar refractivity (Wildman–Crippen MR) is 137 cm³/mol. The molecule has 5 rings (SSSR count). The average molecular weight is 517 g/mol. The van der Waals surface area contributed by atoms with E-state index in [2.05, 4.69) is 10.1 Å². The summed E-state index contributed by atoms with van der Waals surface area (Å²) in [4.78, 5) is 17.8. The minimum Gasteiger partial charge on any atom is -0.489 e. The molecule has 0 aliphatic carbocycles. The summed E-state index contributed by atoms with van der Waals surface area (Å²) in [5.74, 6) is 0.0906. The van der Waals surface area contributed by atoms with Crippen LogP contribution in [0, 0.1) is 5.82 Å². The van der Waals surface area contributed by atoms with Gasteiger partial charge in [-0.2, -0.15) is 22.9 Å². The summed E-state index contributed by atoms with van der Waals surface area (Å²) < 4.78 is 60.2. The van der Waals surface area contributed by atoms with Crippen LogP contribution >= 0.6 is 0 Å². The van der Waals surface area contributed by atoms with E-state index in [1.807, 2.05) is 0 Å². The van der Waals surface area contributed by atoms with Gasteiger partial charge in [-0.15, -0.1) is 0 Å². The van der Waals surface area contributed by atoms with Crippen LogP contribution < -0.4 is 10.3 Å². The van der Waals surface area contributed by atoms with Crippen LogP contribution in [0.15, 0.2) is 107 Å². The fraction of sp³-hybridized carbons (Fsp3) is 0.0690. The molecule has 1 aromatic heterocycles. The fourth-order valence-electron chi connectivity index (χ4n) is 3.85. The van der Waals surface area contributed by atoms with Gasteiger partial charge in [-0.3, -0.25) is 4.79 Å². The van der Waals surface area contributed by atoms with E-state index in [-0.39, 0.29) is 29.2 Å². The molecule has 0 saturated carbocycles. The topological polar surface area (TPSA) is 56.5 Å². The van der Waals surface area contributed by atoms with Crippen molar-refractivity contribution in [2.24, 2.45) is 5.10 Å². The highest BCUT2D eigenvalue weighted by Crippen LogP contribution is 2.32. The van der Waals surface area contributed by atoms with Gasteiger partial charge in [-0.1, -0.05) is 48.5 Å². The highest BCUT2D eigenvalue weighted by molar-refractivity contribution is 5.82. The Hall–Kier alpha value is -4.79. The largest absolute Gasteiger partial charge is 0.489 e. The number of halogens is 4. The Kier molecular flexibility index (Phi) is 6.74. The summed E-state index contributed by atoms with van der Waals surface area (Å²) in [6.07, 6.45) is -3.17. The molecular formula is C29H19F4N3O2. The van der Waals surface area contributed by atoms with Gasteiger partial charge < -0.3 is 4.74 Å². The highest BCUT2D eigenvalue weighted by atomic mass is 19.4. The van der Waals surface area contributed by atoms with Crippen LogP contribution in [0.3, 0.4) is 0 Å².